The Bertz CT molecular complexity index is 671. The van der Waals surface area contributed by atoms with Gasteiger partial charge in [-0.25, -0.2) is 0 Å². The molecule has 2 aromatic carbocycles. The summed E-state index contributed by atoms with van der Waals surface area (Å²) in [7, 11) is 2.17. The lowest BCUT2D eigenvalue weighted by molar-refractivity contribution is 0.210. The van der Waals surface area contributed by atoms with Gasteiger partial charge in [0.1, 0.15) is 0 Å². The molecule has 3 rings (SSSR count). The van der Waals surface area contributed by atoms with E-state index in [1.165, 1.54) is 11.1 Å². The molecule has 0 bridgehead atoms. The summed E-state index contributed by atoms with van der Waals surface area (Å²) in [5, 5.41) is 0. The van der Waals surface area contributed by atoms with Gasteiger partial charge < -0.3 is 0 Å². The fourth-order valence-corrected chi connectivity index (χ4v) is 2.98. The van der Waals surface area contributed by atoms with Crippen molar-refractivity contribution in [2.75, 3.05) is 7.05 Å². The molecule has 0 fully saturated rings. The summed E-state index contributed by atoms with van der Waals surface area (Å²) < 4.78 is 0. The van der Waals surface area contributed by atoms with Crippen molar-refractivity contribution in [3.8, 4) is 0 Å². The minimum atomic E-state index is 0.132. The SMILES string of the molecule is CC(c1ccccc1)N(C)C(c1ccccc1)c1ccccn1. The summed E-state index contributed by atoms with van der Waals surface area (Å²) in [6.07, 6.45) is 1.87. The van der Waals surface area contributed by atoms with Crippen molar-refractivity contribution in [1.82, 2.24) is 9.88 Å². The summed E-state index contributed by atoms with van der Waals surface area (Å²) in [5.74, 6) is 0. The number of hydrogen-bond acceptors (Lipinski definition) is 2. The van der Waals surface area contributed by atoms with Crippen LogP contribution in [0.4, 0.5) is 0 Å². The van der Waals surface area contributed by atoms with Crippen molar-refractivity contribution in [3.63, 3.8) is 0 Å². The molecule has 2 nitrogen and oxygen atoms in total. The molecule has 1 heterocycles. The zero-order valence-corrected chi connectivity index (χ0v) is 13.6. The second-order valence-corrected chi connectivity index (χ2v) is 5.82. The number of aromatic nitrogens is 1. The predicted octanol–water partition coefficient (Wildman–Crippen LogP) is 4.86. The molecule has 2 heteroatoms. The maximum absolute atomic E-state index is 4.61. The lowest BCUT2D eigenvalue weighted by Crippen LogP contribution is -2.29. The lowest BCUT2D eigenvalue weighted by Gasteiger charge is -2.33. The molecule has 23 heavy (non-hydrogen) atoms. The van der Waals surface area contributed by atoms with Crippen molar-refractivity contribution in [2.45, 2.75) is 19.0 Å². The highest BCUT2D eigenvalue weighted by molar-refractivity contribution is 5.29. The van der Waals surface area contributed by atoms with Crippen molar-refractivity contribution in [2.24, 2.45) is 0 Å². The van der Waals surface area contributed by atoms with Crippen molar-refractivity contribution in [3.05, 3.63) is 102 Å². The predicted molar refractivity (Wildman–Crippen MR) is 95.1 cm³/mol. The number of nitrogens with zero attached hydrogens (tertiary/aromatic N) is 2. The van der Waals surface area contributed by atoms with E-state index >= 15 is 0 Å². The summed E-state index contributed by atoms with van der Waals surface area (Å²) in [6.45, 7) is 2.24. The first kappa shape index (κ1) is 15.4. The largest absolute Gasteiger partial charge is 0.287 e. The molecule has 116 valence electrons. The van der Waals surface area contributed by atoms with Gasteiger partial charge in [-0.3, -0.25) is 9.88 Å². The Kier molecular flexibility index (Phi) is 4.84. The average molecular weight is 302 g/mol. The monoisotopic (exact) mass is 302 g/mol. The first-order valence-corrected chi connectivity index (χ1v) is 8.00. The van der Waals surface area contributed by atoms with Crippen molar-refractivity contribution < 1.29 is 0 Å². The van der Waals surface area contributed by atoms with Crippen molar-refractivity contribution >= 4 is 0 Å². The molecule has 0 spiro atoms. The van der Waals surface area contributed by atoms with Crippen LogP contribution in [0.5, 0.6) is 0 Å². The topological polar surface area (TPSA) is 16.1 Å². The van der Waals surface area contributed by atoms with Crippen LogP contribution in [-0.2, 0) is 0 Å². The normalized spacial score (nSPS) is 13.7. The molecule has 1 aromatic heterocycles. The van der Waals surface area contributed by atoms with Crippen LogP contribution in [0, 0.1) is 0 Å². The molecule has 0 aliphatic carbocycles. The smallest absolute Gasteiger partial charge is 0.0778 e. The molecular weight excluding hydrogens is 280 g/mol. The Labute approximate surface area is 138 Å². The van der Waals surface area contributed by atoms with Crippen LogP contribution in [0.2, 0.25) is 0 Å². The van der Waals surface area contributed by atoms with Gasteiger partial charge in [-0.2, -0.15) is 0 Å². The van der Waals surface area contributed by atoms with Crippen molar-refractivity contribution in [1.29, 1.82) is 0 Å². The van der Waals surface area contributed by atoms with E-state index in [9.17, 15) is 0 Å². The van der Waals surface area contributed by atoms with Gasteiger partial charge in [0, 0.05) is 12.2 Å². The number of hydrogen-bond donors (Lipinski definition) is 0. The highest BCUT2D eigenvalue weighted by Crippen LogP contribution is 2.32. The second-order valence-electron chi connectivity index (χ2n) is 5.82. The zero-order valence-electron chi connectivity index (χ0n) is 13.6. The second kappa shape index (κ2) is 7.21. The van der Waals surface area contributed by atoms with E-state index < -0.39 is 0 Å². The standard InChI is InChI=1S/C21H22N2/c1-17(18-11-5-3-6-12-18)23(2)21(19-13-7-4-8-14-19)20-15-9-10-16-22-20/h3-17,21H,1-2H3. The van der Waals surface area contributed by atoms with Gasteiger partial charge in [0.05, 0.1) is 11.7 Å². The maximum atomic E-state index is 4.61. The Balaban J connectivity index is 1.98. The molecular formula is C21H22N2. The van der Waals surface area contributed by atoms with E-state index in [0.29, 0.717) is 6.04 Å². The summed E-state index contributed by atoms with van der Waals surface area (Å²) >= 11 is 0. The molecule has 3 aromatic rings. The third-order valence-corrected chi connectivity index (χ3v) is 4.38. The van der Waals surface area contributed by atoms with E-state index in [2.05, 4.69) is 96.7 Å². The van der Waals surface area contributed by atoms with Gasteiger partial charge in [-0.15, -0.1) is 0 Å². The van der Waals surface area contributed by atoms with Gasteiger partial charge in [0.25, 0.3) is 0 Å². The Morgan fingerprint density at radius 1 is 0.739 bits per heavy atom. The van der Waals surface area contributed by atoms with E-state index in [4.69, 9.17) is 0 Å². The highest BCUT2D eigenvalue weighted by atomic mass is 15.2. The minimum Gasteiger partial charge on any atom is -0.287 e. The van der Waals surface area contributed by atoms with Crippen LogP contribution in [-0.4, -0.2) is 16.9 Å². The maximum Gasteiger partial charge on any atom is 0.0778 e. The van der Waals surface area contributed by atoms with E-state index in [0.717, 1.165) is 5.69 Å². The van der Waals surface area contributed by atoms with Crippen LogP contribution >= 0.6 is 0 Å². The minimum absolute atomic E-state index is 0.132. The fourth-order valence-electron chi connectivity index (χ4n) is 2.98. The molecule has 0 aliphatic heterocycles. The average Bonchev–Trinajstić information content (AvgIpc) is 2.64. The van der Waals surface area contributed by atoms with Gasteiger partial charge in [-0.05, 0) is 37.2 Å². The molecule has 0 saturated heterocycles. The zero-order chi connectivity index (χ0) is 16.1. The Morgan fingerprint density at radius 2 is 1.30 bits per heavy atom. The van der Waals surface area contributed by atoms with Crippen LogP contribution in [0.1, 0.15) is 35.8 Å². The highest BCUT2D eigenvalue weighted by Gasteiger charge is 2.24. The van der Waals surface area contributed by atoms with Gasteiger partial charge in [-0.1, -0.05) is 66.7 Å². The Morgan fingerprint density at radius 3 is 1.87 bits per heavy atom. The van der Waals surface area contributed by atoms with E-state index in [-0.39, 0.29) is 6.04 Å². The van der Waals surface area contributed by atoms with Crippen LogP contribution in [0.25, 0.3) is 0 Å². The molecule has 0 saturated carbocycles. The lowest BCUT2D eigenvalue weighted by atomic mass is 9.98. The molecule has 0 radical (unpaired) electrons. The van der Waals surface area contributed by atoms with Crippen LogP contribution < -0.4 is 0 Å². The fraction of sp³-hybridized carbons (Fsp3) is 0.190. The number of rotatable bonds is 5. The summed E-state index contributed by atoms with van der Waals surface area (Å²) in [6, 6.07) is 27.7. The number of benzene rings is 2. The third-order valence-electron chi connectivity index (χ3n) is 4.38. The molecule has 0 N–H and O–H groups in total. The molecule has 2 atom stereocenters. The summed E-state index contributed by atoms with van der Waals surface area (Å²) in [5.41, 5.74) is 3.65. The number of pyridine rings is 1. The summed E-state index contributed by atoms with van der Waals surface area (Å²) in [4.78, 5) is 6.99. The first-order valence-electron chi connectivity index (χ1n) is 8.00. The van der Waals surface area contributed by atoms with Crippen LogP contribution in [0.3, 0.4) is 0 Å². The van der Waals surface area contributed by atoms with Gasteiger partial charge in [0.15, 0.2) is 0 Å². The van der Waals surface area contributed by atoms with Gasteiger partial charge in [0.2, 0.25) is 0 Å². The molecule has 0 amide bonds. The molecule has 2 unspecified atom stereocenters. The van der Waals surface area contributed by atoms with Crippen LogP contribution in [0.15, 0.2) is 85.1 Å². The van der Waals surface area contributed by atoms with E-state index in [1.807, 2.05) is 12.3 Å². The van der Waals surface area contributed by atoms with E-state index in [1.54, 1.807) is 0 Å². The van der Waals surface area contributed by atoms with Gasteiger partial charge >= 0.3 is 0 Å². The third kappa shape index (κ3) is 3.49. The first-order chi connectivity index (χ1) is 11.3. The molecule has 0 aliphatic rings. The Hall–Kier alpha value is -2.45. The quantitative estimate of drug-likeness (QED) is 0.669.